The van der Waals surface area contributed by atoms with Crippen molar-refractivity contribution in [3.63, 3.8) is 0 Å². The van der Waals surface area contributed by atoms with Crippen LogP contribution in [-0.2, 0) is 4.79 Å². The van der Waals surface area contributed by atoms with Crippen molar-refractivity contribution in [2.75, 3.05) is 6.54 Å². The number of hydrogen-bond donors (Lipinski definition) is 2. The minimum absolute atomic E-state index is 0.0632. The molecule has 0 aliphatic rings. The Morgan fingerprint density at radius 2 is 1.25 bits per heavy atom. The molecule has 8 nitrogen and oxygen atoms in total. The summed E-state index contributed by atoms with van der Waals surface area (Å²) in [6, 6.07) is 25.8. The minimum Gasteiger partial charge on any atom is -0.481 e. The Labute approximate surface area is 250 Å². The van der Waals surface area contributed by atoms with Crippen LogP contribution in [0.3, 0.4) is 0 Å². The molecule has 1 atom stereocenters. The van der Waals surface area contributed by atoms with Crippen LogP contribution in [0.5, 0.6) is 17.2 Å². The summed E-state index contributed by atoms with van der Waals surface area (Å²) in [5.41, 5.74) is 1.01. The summed E-state index contributed by atoms with van der Waals surface area (Å²) in [5, 5.41) is 11.2. The predicted molar refractivity (Wildman–Crippen MR) is 153 cm³/mol. The van der Waals surface area contributed by atoms with E-state index < -0.39 is 41.5 Å². The third-order valence-electron chi connectivity index (χ3n) is 6.43. The average molecular weight is 606 g/mol. The molecule has 44 heavy (non-hydrogen) atoms. The Hall–Kier alpha value is -5.45. The summed E-state index contributed by atoms with van der Waals surface area (Å²) in [6.07, 6.45) is -5.42. The van der Waals surface area contributed by atoms with Crippen LogP contribution < -0.4 is 14.8 Å². The highest BCUT2D eigenvalue weighted by atomic mass is 19.4. The van der Waals surface area contributed by atoms with Gasteiger partial charge in [-0.2, -0.15) is 0 Å². The minimum atomic E-state index is -4.88. The van der Waals surface area contributed by atoms with Gasteiger partial charge in [-0.25, -0.2) is 0 Å². The van der Waals surface area contributed by atoms with Gasteiger partial charge in [0, 0.05) is 29.7 Å². The van der Waals surface area contributed by atoms with Crippen LogP contribution in [-0.4, -0.2) is 41.5 Å². The fraction of sp³-hybridized carbons (Fsp3) is 0.152. The van der Waals surface area contributed by atoms with Crippen LogP contribution in [0.2, 0.25) is 0 Å². The number of carbonyl (C=O) groups is 4. The topological polar surface area (TPSA) is 119 Å². The van der Waals surface area contributed by atoms with Gasteiger partial charge in [-0.3, -0.25) is 19.2 Å². The first kappa shape index (κ1) is 31.5. The number of ketones is 2. The van der Waals surface area contributed by atoms with Gasteiger partial charge in [0.2, 0.25) is 0 Å². The second-order valence-electron chi connectivity index (χ2n) is 9.58. The predicted octanol–water partition coefficient (Wildman–Crippen LogP) is 6.82. The molecule has 1 unspecified atom stereocenters. The largest absolute Gasteiger partial charge is 0.573 e. The Balaban J connectivity index is 1.56. The third-order valence-corrected chi connectivity index (χ3v) is 6.43. The number of carboxylic acids is 1. The molecule has 226 valence electrons. The van der Waals surface area contributed by atoms with E-state index in [1.54, 1.807) is 36.4 Å². The van der Waals surface area contributed by atoms with Gasteiger partial charge in [-0.1, -0.05) is 42.5 Å². The maximum Gasteiger partial charge on any atom is 0.573 e. The smallest absolute Gasteiger partial charge is 0.481 e. The number of hydrogen-bond acceptors (Lipinski definition) is 6. The summed E-state index contributed by atoms with van der Waals surface area (Å²) >= 11 is 0. The number of carbonyl (C=O) groups excluding carboxylic acids is 3. The van der Waals surface area contributed by atoms with E-state index in [2.05, 4.69) is 10.1 Å². The number of aliphatic carboxylic acids is 1. The molecule has 1 amide bonds. The molecule has 0 bridgehead atoms. The molecule has 0 spiro atoms. The highest BCUT2D eigenvalue weighted by molar-refractivity contribution is 6.06. The molecule has 0 saturated heterocycles. The van der Waals surface area contributed by atoms with Crippen LogP contribution in [0, 0.1) is 0 Å². The molecular formula is C33H26F3NO7. The van der Waals surface area contributed by atoms with E-state index in [0.29, 0.717) is 17.1 Å². The van der Waals surface area contributed by atoms with Crippen LogP contribution in [0.1, 0.15) is 55.4 Å². The molecule has 4 aromatic rings. The van der Waals surface area contributed by atoms with E-state index in [4.69, 9.17) is 9.84 Å². The van der Waals surface area contributed by atoms with Crippen LogP contribution in [0.25, 0.3) is 0 Å². The van der Waals surface area contributed by atoms with Gasteiger partial charge in [-0.05, 0) is 66.2 Å². The zero-order chi connectivity index (χ0) is 31.7. The first-order chi connectivity index (χ1) is 21.0. The molecular weight excluding hydrogens is 579 g/mol. The Morgan fingerprint density at radius 3 is 1.84 bits per heavy atom. The molecule has 0 aliphatic carbocycles. The standard InChI is InChI=1S/C33H26F3NO7/c34-33(35,36)44-27-16-12-22(13-17-27)29(38)20-28(21-10-14-26(15-11-21)43-25-4-2-1-3-5-25)31(41)23-6-8-24(9-7-23)32(42)37-19-18-30(39)40/h1-17,28H,18-20H2,(H,37,42)(H,39,40). The summed E-state index contributed by atoms with van der Waals surface area (Å²) in [4.78, 5) is 50.0. The molecule has 4 aromatic carbocycles. The number of halogens is 3. The van der Waals surface area contributed by atoms with Gasteiger partial charge in [0.1, 0.15) is 17.2 Å². The van der Waals surface area contributed by atoms with Crippen LogP contribution >= 0.6 is 0 Å². The van der Waals surface area contributed by atoms with Crippen molar-refractivity contribution in [2.45, 2.75) is 25.1 Å². The number of benzene rings is 4. The summed E-state index contributed by atoms with van der Waals surface area (Å²) in [5.74, 6) is -2.84. The fourth-order valence-corrected chi connectivity index (χ4v) is 4.27. The second-order valence-corrected chi connectivity index (χ2v) is 9.58. The average Bonchev–Trinajstić information content (AvgIpc) is 3.00. The molecule has 11 heteroatoms. The van der Waals surface area contributed by atoms with E-state index in [9.17, 15) is 32.3 Å². The van der Waals surface area contributed by atoms with Crippen molar-refractivity contribution < 1.29 is 46.9 Å². The number of ether oxygens (including phenoxy) is 2. The molecule has 0 fully saturated rings. The van der Waals surface area contributed by atoms with E-state index in [0.717, 1.165) is 12.1 Å². The lowest BCUT2D eigenvalue weighted by atomic mass is 9.85. The number of rotatable bonds is 13. The lowest BCUT2D eigenvalue weighted by Gasteiger charge is -2.17. The summed E-state index contributed by atoms with van der Waals surface area (Å²) < 4.78 is 47.3. The maximum absolute atomic E-state index is 13.7. The van der Waals surface area contributed by atoms with E-state index in [-0.39, 0.29) is 36.1 Å². The first-order valence-electron chi connectivity index (χ1n) is 13.3. The van der Waals surface area contributed by atoms with E-state index >= 15 is 0 Å². The zero-order valence-electron chi connectivity index (χ0n) is 23.0. The quantitative estimate of drug-likeness (QED) is 0.161. The normalized spacial score (nSPS) is 11.7. The first-order valence-corrected chi connectivity index (χ1v) is 13.3. The van der Waals surface area contributed by atoms with Crippen molar-refractivity contribution in [3.05, 3.63) is 125 Å². The van der Waals surface area contributed by atoms with Gasteiger partial charge in [0.05, 0.1) is 12.3 Å². The monoisotopic (exact) mass is 605 g/mol. The van der Waals surface area contributed by atoms with Gasteiger partial charge < -0.3 is 19.9 Å². The molecule has 0 heterocycles. The van der Waals surface area contributed by atoms with Crippen LogP contribution in [0.4, 0.5) is 13.2 Å². The van der Waals surface area contributed by atoms with Crippen molar-refractivity contribution in [3.8, 4) is 17.2 Å². The number of amides is 1. The third kappa shape index (κ3) is 9.02. The SMILES string of the molecule is O=C(O)CCNC(=O)c1ccc(C(=O)C(CC(=O)c2ccc(OC(F)(F)F)cc2)c2ccc(Oc3ccccc3)cc2)cc1. The Morgan fingerprint density at radius 1 is 0.705 bits per heavy atom. The fourth-order valence-electron chi connectivity index (χ4n) is 4.27. The number of carboxylic acid groups (broad SMARTS) is 1. The molecule has 4 rings (SSSR count). The molecule has 2 N–H and O–H groups in total. The summed E-state index contributed by atoms with van der Waals surface area (Å²) in [6.45, 7) is -0.0632. The number of alkyl halides is 3. The Bertz CT molecular complexity index is 1600. The Kier molecular flexibility index (Phi) is 10.1. The highest BCUT2D eigenvalue weighted by Gasteiger charge is 2.31. The number of para-hydroxylation sites is 1. The molecule has 0 aromatic heterocycles. The zero-order valence-corrected chi connectivity index (χ0v) is 23.0. The van der Waals surface area contributed by atoms with Crippen molar-refractivity contribution >= 4 is 23.4 Å². The molecule has 0 saturated carbocycles. The van der Waals surface area contributed by atoms with Crippen molar-refractivity contribution in [1.29, 1.82) is 0 Å². The van der Waals surface area contributed by atoms with Crippen LogP contribution in [0.15, 0.2) is 103 Å². The van der Waals surface area contributed by atoms with Crippen molar-refractivity contribution in [2.24, 2.45) is 0 Å². The van der Waals surface area contributed by atoms with Crippen molar-refractivity contribution in [1.82, 2.24) is 5.32 Å². The van der Waals surface area contributed by atoms with Gasteiger partial charge in [0.15, 0.2) is 11.6 Å². The summed E-state index contributed by atoms with van der Waals surface area (Å²) in [7, 11) is 0. The lowest BCUT2D eigenvalue weighted by Crippen LogP contribution is -2.26. The maximum atomic E-state index is 13.7. The number of nitrogens with one attached hydrogen (secondary N) is 1. The second kappa shape index (κ2) is 14.1. The lowest BCUT2D eigenvalue weighted by molar-refractivity contribution is -0.274. The molecule has 0 radical (unpaired) electrons. The highest BCUT2D eigenvalue weighted by Crippen LogP contribution is 2.30. The number of Topliss-reactive ketones (excluding diaryl/α,β-unsaturated/α-hetero) is 2. The van der Waals surface area contributed by atoms with Gasteiger partial charge in [0.25, 0.3) is 5.91 Å². The van der Waals surface area contributed by atoms with E-state index in [1.807, 2.05) is 18.2 Å². The van der Waals surface area contributed by atoms with Gasteiger partial charge in [-0.15, -0.1) is 13.2 Å². The van der Waals surface area contributed by atoms with E-state index in [1.165, 1.54) is 36.4 Å². The molecule has 0 aliphatic heterocycles. The van der Waals surface area contributed by atoms with Gasteiger partial charge >= 0.3 is 12.3 Å².